The lowest BCUT2D eigenvalue weighted by atomic mass is 10.2. The Bertz CT molecular complexity index is 206. The predicted octanol–water partition coefficient (Wildman–Crippen LogP) is 1.90. The highest BCUT2D eigenvalue weighted by Crippen LogP contribution is 2.02. The molecule has 0 fully saturated rings. The van der Waals surface area contributed by atoms with Crippen LogP contribution in [0.25, 0.3) is 0 Å². The second-order valence-electron chi connectivity index (χ2n) is 2.76. The van der Waals surface area contributed by atoms with E-state index < -0.39 is 0 Å². The predicted molar refractivity (Wildman–Crippen MR) is 48.1 cm³/mol. The molecule has 12 heavy (non-hydrogen) atoms. The van der Waals surface area contributed by atoms with Crippen molar-refractivity contribution in [1.29, 1.82) is 0 Å². The van der Waals surface area contributed by atoms with E-state index in [4.69, 9.17) is 0 Å². The van der Waals surface area contributed by atoms with E-state index in [2.05, 4.69) is 0 Å². The van der Waals surface area contributed by atoms with Crippen molar-refractivity contribution in [2.24, 2.45) is 0 Å². The third-order valence-corrected chi connectivity index (χ3v) is 1.88. The Balaban J connectivity index is 2.51. The quantitative estimate of drug-likeness (QED) is 0.623. The summed E-state index contributed by atoms with van der Waals surface area (Å²) in [7, 11) is 0. The monoisotopic (exact) mass is 164 g/mol. The molecular weight excluding hydrogens is 150 g/mol. The molecule has 0 heterocycles. The van der Waals surface area contributed by atoms with Crippen molar-refractivity contribution in [3.05, 3.63) is 35.9 Å². The Morgan fingerprint density at radius 2 is 1.92 bits per heavy atom. The van der Waals surface area contributed by atoms with Gasteiger partial charge in [0.15, 0.2) is 0 Å². The van der Waals surface area contributed by atoms with Crippen LogP contribution in [0.4, 0.5) is 0 Å². The summed E-state index contributed by atoms with van der Waals surface area (Å²) in [6, 6.07) is 10.1. The molecule has 0 spiro atoms. The Hall–Kier alpha value is -0.860. The van der Waals surface area contributed by atoms with Crippen LogP contribution in [0.5, 0.6) is 0 Å². The molecule has 1 rings (SSSR count). The molecule has 1 aromatic carbocycles. The van der Waals surface area contributed by atoms with Gasteiger partial charge < -0.3 is 0 Å². The number of hydrogen-bond acceptors (Lipinski definition) is 1. The van der Waals surface area contributed by atoms with Crippen molar-refractivity contribution in [1.82, 2.24) is 4.90 Å². The SMILES string of the molecule is CCN(C[O])Cc1ccccc1. The summed E-state index contributed by atoms with van der Waals surface area (Å²) in [5.41, 5.74) is 1.20. The number of benzene rings is 1. The highest BCUT2D eigenvalue weighted by molar-refractivity contribution is 5.14. The standard InChI is InChI=1S/C10H14NO/c1-2-11(9-12)8-10-6-4-3-5-7-10/h3-7H,2,8-9H2,1H3. The molecule has 2 heteroatoms. The van der Waals surface area contributed by atoms with Gasteiger partial charge in [0.05, 0.1) is 0 Å². The molecule has 0 N–H and O–H groups in total. The van der Waals surface area contributed by atoms with Crippen LogP contribution in [-0.2, 0) is 11.7 Å². The normalized spacial score (nSPS) is 10.6. The average Bonchev–Trinajstić information content (AvgIpc) is 2.16. The molecule has 0 aliphatic rings. The first-order valence-electron chi connectivity index (χ1n) is 4.21. The number of nitrogens with zero attached hydrogens (tertiary/aromatic N) is 1. The summed E-state index contributed by atoms with van der Waals surface area (Å²) in [6.45, 7) is 3.46. The number of hydrogen-bond donors (Lipinski definition) is 0. The van der Waals surface area contributed by atoms with Gasteiger partial charge in [-0.15, -0.1) is 0 Å². The van der Waals surface area contributed by atoms with Crippen LogP contribution < -0.4 is 0 Å². The van der Waals surface area contributed by atoms with Crippen LogP contribution in [-0.4, -0.2) is 18.2 Å². The summed E-state index contributed by atoms with van der Waals surface area (Å²) in [6.07, 6.45) is 0. The fourth-order valence-corrected chi connectivity index (χ4v) is 1.09. The summed E-state index contributed by atoms with van der Waals surface area (Å²) in [4.78, 5) is 1.86. The second kappa shape index (κ2) is 4.91. The van der Waals surface area contributed by atoms with Gasteiger partial charge in [0.25, 0.3) is 0 Å². The maximum atomic E-state index is 10.6. The first-order chi connectivity index (χ1) is 5.86. The van der Waals surface area contributed by atoms with Gasteiger partial charge in [0.2, 0.25) is 0 Å². The van der Waals surface area contributed by atoms with Gasteiger partial charge in [-0.25, -0.2) is 5.11 Å². The maximum absolute atomic E-state index is 10.6. The van der Waals surface area contributed by atoms with E-state index in [-0.39, 0.29) is 6.73 Å². The minimum Gasteiger partial charge on any atom is -0.274 e. The molecule has 65 valence electrons. The molecule has 0 bridgehead atoms. The van der Waals surface area contributed by atoms with Crippen molar-refractivity contribution >= 4 is 0 Å². The molecule has 0 saturated heterocycles. The van der Waals surface area contributed by atoms with E-state index >= 15 is 0 Å². The van der Waals surface area contributed by atoms with Crippen molar-refractivity contribution in [3.8, 4) is 0 Å². The summed E-state index contributed by atoms with van der Waals surface area (Å²) >= 11 is 0. The number of rotatable bonds is 4. The van der Waals surface area contributed by atoms with Gasteiger partial charge in [-0.3, -0.25) is 4.90 Å². The molecule has 0 aromatic heterocycles. The van der Waals surface area contributed by atoms with E-state index in [0.29, 0.717) is 0 Å². The van der Waals surface area contributed by atoms with Crippen LogP contribution in [0.2, 0.25) is 0 Å². The topological polar surface area (TPSA) is 23.1 Å². The second-order valence-corrected chi connectivity index (χ2v) is 2.76. The van der Waals surface area contributed by atoms with Gasteiger partial charge >= 0.3 is 0 Å². The van der Waals surface area contributed by atoms with E-state index in [1.807, 2.05) is 42.2 Å². The Morgan fingerprint density at radius 3 is 2.42 bits per heavy atom. The van der Waals surface area contributed by atoms with Crippen LogP contribution in [0.3, 0.4) is 0 Å². The molecule has 0 aliphatic heterocycles. The van der Waals surface area contributed by atoms with E-state index in [1.54, 1.807) is 0 Å². The zero-order valence-electron chi connectivity index (χ0n) is 7.36. The Kier molecular flexibility index (Phi) is 3.77. The van der Waals surface area contributed by atoms with Crippen LogP contribution >= 0.6 is 0 Å². The van der Waals surface area contributed by atoms with Crippen molar-refractivity contribution < 1.29 is 5.11 Å². The van der Waals surface area contributed by atoms with E-state index in [9.17, 15) is 5.11 Å². The molecule has 2 nitrogen and oxygen atoms in total. The van der Waals surface area contributed by atoms with E-state index in [1.165, 1.54) is 5.56 Å². The zero-order chi connectivity index (χ0) is 8.81. The van der Waals surface area contributed by atoms with E-state index in [0.717, 1.165) is 13.1 Å². The summed E-state index contributed by atoms with van der Waals surface area (Å²) in [5.74, 6) is 0. The van der Waals surface area contributed by atoms with Crippen LogP contribution in [0.15, 0.2) is 30.3 Å². The lowest BCUT2D eigenvalue weighted by Crippen LogP contribution is -2.22. The van der Waals surface area contributed by atoms with Gasteiger partial charge in [0.1, 0.15) is 6.73 Å². The molecule has 0 aliphatic carbocycles. The maximum Gasteiger partial charge on any atom is 0.135 e. The van der Waals surface area contributed by atoms with Crippen molar-refractivity contribution in [2.45, 2.75) is 13.5 Å². The summed E-state index contributed by atoms with van der Waals surface area (Å²) in [5, 5.41) is 10.6. The lowest BCUT2D eigenvalue weighted by Gasteiger charge is -2.15. The minimum atomic E-state index is -0.120. The Morgan fingerprint density at radius 1 is 1.25 bits per heavy atom. The largest absolute Gasteiger partial charge is 0.274 e. The highest BCUT2D eigenvalue weighted by Gasteiger charge is 2.00. The smallest absolute Gasteiger partial charge is 0.135 e. The summed E-state index contributed by atoms with van der Waals surface area (Å²) < 4.78 is 0. The van der Waals surface area contributed by atoms with Crippen molar-refractivity contribution in [3.63, 3.8) is 0 Å². The minimum absolute atomic E-state index is 0.120. The molecule has 1 radical (unpaired) electrons. The zero-order valence-corrected chi connectivity index (χ0v) is 7.36. The van der Waals surface area contributed by atoms with Crippen LogP contribution in [0.1, 0.15) is 12.5 Å². The van der Waals surface area contributed by atoms with Gasteiger partial charge in [-0.2, -0.15) is 0 Å². The lowest BCUT2D eigenvalue weighted by molar-refractivity contribution is 0.0496. The highest BCUT2D eigenvalue weighted by atomic mass is 16.3. The fourth-order valence-electron chi connectivity index (χ4n) is 1.09. The van der Waals surface area contributed by atoms with Crippen LogP contribution in [0, 0.1) is 0 Å². The Labute approximate surface area is 73.4 Å². The fraction of sp³-hybridized carbons (Fsp3) is 0.400. The third-order valence-electron chi connectivity index (χ3n) is 1.88. The van der Waals surface area contributed by atoms with Gasteiger partial charge in [0, 0.05) is 6.54 Å². The molecule has 0 saturated carbocycles. The van der Waals surface area contributed by atoms with Crippen molar-refractivity contribution in [2.75, 3.05) is 13.3 Å². The first kappa shape index (κ1) is 9.23. The molecule has 0 atom stereocenters. The van der Waals surface area contributed by atoms with Gasteiger partial charge in [-0.1, -0.05) is 37.3 Å². The molecule has 0 unspecified atom stereocenters. The third kappa shape index (κ3) is 2.64. The average molecular weight is 164 g/mol. The molecule has 0 amide bonds. The molecular formula is C10H14NO. The van der Waals surface area contributed by atoms with Gasteiger partial charge in [-0.05, 0) is 12.1 Å². The first-order valence-corrected chi connectivity index (χ1v) is 4.21. The molecule has 1 aromatic rings.